The molecule has 0 atom stereocenters. The van der Waals surface area contributed by atoms with Crippen LogP contribution in [0.25, 0.3) is 21.1 Å². The lowest BCUT2D eigenvalue weighted by Crippen LogP contribution is -2.11. The highest BCUT2D eigenvalue weighted by molar-refractivity contribution is 7.23. The summed E-state index contributed by atoms with van der Waals surface area (Å²) in [6.07, 6.45) is 1.64. The highest BCUT2D eigenvalue weighted by atomic mass is 35.5. The van der Waals surface area contributed by atoms with Crippen molar-refractivity contribution in [3.8, 4) is 0 Å². The largest absolute Gasteiger partial charge is 0.301 e. The third-order valence-electron chi connectivity index (χ3n) is 2.53. The van der Waals surface area contributed by atoms with Gasteiger partial charge in [0.25, 0.3) is 0 Å². The Hall–Kier alpha value is -2.06. The minimum Gasteiger partial charge on any atom is -0.301 e. The Labute approximate surface area is 114 Å². The normalized spacial score (nSPS) is 11.0. The molecule has 2 aromatic heterocycles. The first kappa shape index (κ1) is 12.0. The van der Waals surface area contributed by atoms with E-state index in [0.717, 1.165) is 10.1 Å². The number of H-pyrrole nitrogens is 1. The van der Waals surface area contributed by atoms with Crippen LogP contribution in [-0.2, 0) is 4.79 Å². The number of carbonyl (C=O) groups excluding carboxylic acids is 1. The van der Waals surface area contributed by atoms with Crippen LogP contribution in [-0.4, -0.2) is 27.0 Å². The number of anilines is 1. The maximum atomic E-state index is 11.2. The van der Waals surface area contributed by atoms with E-state index in [4.69, 9.17) is 11.6 Å². The van der Waals surface area contributed by atoms with Gasteiger partial charge in [-0.1, -0.05) is 11.3 Å². The number of fused-ring (bicyclic) bond motifs is 3. The van der Waals surface area contributed by atoms with Gasteiger partial charge >= 0.3 is 0 Å². The summed E-state index contributed by atoms with van der Waals surface area (Å²) in [4.78, 5) is 26.3. The van der Waals surface area contributed by atoms with Crippen molar-refractivity contribution >= 4 is 60.8 Å². The van der Waals surface area contributed by atoms with Crippen molar-refractivity contribution in [3.63, 3.8) is 0 Å². The quantitative estimate of drug-likeness (QED) is 0.573. The van der Waals surface area contributed by atoms with Crippen molar-refractivity contribution in [1.82, 2.24) is 15.2 Å². The summed E-state index contributed by atoms with van der Waals surface area (Å²) in [7, 11) is 0. The summed E-state index contributed by atoms with van der Waals surface area (Å²) in [5, 5.41) is 13.4. The number of rotatable bonds is 3. The van der Waals surface area contributed by atoms with Gasteiger partial charge in [0.2, 0.25) is 5.91 Å². The predicted octanol–water partition coefficient (Wildman–Crippen LogP) is 2.75. The molecule has 0 fully saturated rings. The Bertz CT molecular complexity index is 796. The molecule has 19 heavy (non-hydrogen) atoms. The van der Waals surface area contributed by atoms with Gasteiger partial charge in [-0.3, -0.25) is 9.89 Å². The Morgan fingerprint density at radius 1 is 1.58 bits per heavy atom. The minimum atomic E-state index is -0.357. The van der Waals surface area contributed by atoms with Crippen LogP contribution in [0.15, 0.2) is 17.4 Å². The topological polar surface area (TPSA) is 100 Å². The monoisotopic (exact) mass is 295 g/mol. The highest BCUT2D eigenvalue weighted by Gasteiger charge is 2.15. The average molecular weight is 296 g/mol. The zero-order valence-electron chi connectivity index (χ0n) is 9.31. The molecule has 0 spiro atoms. The van der Waals surface area contributed by atoms with Crippen LogP contribution in [0.3, 0.4) is 0 Å². The molecule has 0 aliphatic heterocycles. The SMILES string of the molecule is O=Nc1cc2[nH]ncc2c2sc(NC(=O)CCl)nc12. The van der Waals surface area contributed by atoms with Gasteiger partial charge in [0.1, 0.15) is 17.1 Å². The minimum absolute atomic E-state index is 0.157. The van der Waals surface area contributed by atoms with Gasteiger partial charge in [0.15, 0.2) is 5.13 Å². The average Bonchev–Trinajstić information content (AvgIpc) is 3.02. The Kier molecular flexibility index (Phi) is 2.88. The molecule has 1 amide bonds. The number of aromatic nitrogens is 3. The molecule has 2 heterocycles. The number of hydrogen-bond donors (Lipinski definition) is 2. The molecule has 9 heteroatoms. The number of aromatic amines is 1. The number of benzene rings is 1. The summed E-state index contributed by atoms with van der Waals surface area (Å²) in [5.41, 5.74) is 1.34. The number of carbonyl (C=O) groups is 1. The molecule has 0 saturated heterocycles. The molecular weight excluding hydrogens is 290 g/mol. The fraction of sp³-hybridized carbons (Fsp3) is 0.100. The van der Waals surface area contributed by atoms with Gasteiger partial charge in [-0.2, -0.15) is 5.10 Å². The summed E-state index contributed by atoms with van der Waals surface area (Å²) in [5.74, 6) is -0.514. The molecule has 0 radical (unpaired) electrons. The van der Waals surface area contributed by atoms with Crippen molar-refractivity contribution < 1.29 is 4.79 Å². The van der Waals surface area contributed by atoms with Crippen LogP contribution >= 0.6 is 22.9 Å². The van der Waals surface area contributed by atoms with Crippen LogP contribution in [0.2, 0.25) is 0 Å². The summed E-state index contributed by atoms with van der Waals surface area (Å²) < 4.78 is 0.741. The molecule has 0 aliphatic carbocycles. The molecule has 0 bridgehead atoms. The number of nitrogens with one attached hydrogen (secondary N) is 2. The maximum Gasteiger partial charge on any atom is 0.241 e. The Morgan fingerprint density at radius 2 is 2.42 bits per heavy atom. The summed E-state index contributed by atoms with van der Waals surface area (Å²) in [6, 6.07) is 1.57. The smallest absolute Gasteiger partial charge is 0.241 e. The van der Waals surface area contributed by atoms with Crippen molar-refractivity contribution in [3.05, 3.63) is 17.2 Å². The second-order valence-corrected chi connectivity index (χ2v) is 4.96. The summed E-state index contributed by atoms with van der Waals surface area (Å²) >= 11 is 6.66. The molecule has 0 saturated carbocycles. The lowest BCUT2D eigenvalue weighted by atomic mass is 10.2. The zero-order chi connectivity index (χ0) is 13.4. The second kappa shape index (κ2) is 4.56. The molecule has 1 aromatic carbocycles. The Morgan fingerprint density at radius 3 is 3.16 bits per heavy atom. The molecular formula is C10H6ClN5O2S. The van der Waals surface area contributed by atoms with Gasteiger partial charge in [-0.15, -0.1) is 16.5 Å². The molecule has 96 valence electrons. The maximum absolute atomic E-state index is 11.2. The van der Waals surface area contributed by atoms with Gasteiger partial charge in [-0.25, -0.2) is 4.98 Å². The first-order valence-electron chi connectivity index (χ1n) is 5.18. The third kappa shape index (κ3) is 1.94. The molecule has 0 unspecified atom stereocenters. The molecule has 2 N–H and O–H groups in total. The predicted molar refractivity (Wildman–Crippen MR) is 74.1 cm³/mol. The van der Waals surface area contributed by atoms with E-state index in [9.17, 15) is 9.70 Å². The van der Waals surface area contributed by atoms with E-state index in [1.807, 2.05) is 0 Å². The van der Waals surface area contributed by atoms with E-state index in [2.05, 4.69) is 25.7 Å². The van der Waals surface area contributed by atoms with Gasteiger partial charge in [0.05, 0.1) is 16.4 Å². The van der Waals surface area contributed by atoms with Gasteiger partial charge in [-0.05, 0) is 11.2 Å². The van der Waals surface area contributed by atoms with Crippen LogP contribution in [0.1, 0.15) is 0 Å². The second-order valence-electron chi connectivity index (χ2n) is 3.70. The van der Waals surface area contributed by atoms with Crippen molar-refractivity contribution in [2.45, 2.75) is 0 Å². The fourth-order valence-corrected chi connectivity index (χ4v) is 2.83. The highest BCUT2D eigenvalue weighted by Crippen LogP contribution is 2.37. The summed E-state index contributed by atoms with van der Waals surface area (Å²) in [6.45, 7) is 0. The number of nitrogens with zero attached hydrogens (tertiary/aromatic N) is 3. The van der Waals surface area contributed by atoms with E-state index < -0.39 is 0 Å². The van der Waals surface area contributed by atoms with E-state index >= 15 is 0 Å². The van der Waals surface area contributed by atoms with E-state index in [0.29, 0.717) is 16.2 Å². The number of hydrogen-bond acceptors (Lipinski definition) is 6. The molecule has 0 aliphatic rings. The number of amides is 1. The lowest BCUT2D eigenvalue weighted by molar-refractivity contribution is -0.113. The van der Waals surface area contributed by atoms with Crippen LogP contribution in [0.4, 0.5) is 10.8 Å². The van der Waals surface area contributed by atoms with Gasteiger partial charge in [0, 0.05) is 5.39 Å². The van der Waals surface area contributed by atoms with E-state index in [1.54, 1.807) is 12.3 Å². The molecule has 3 aromatic rings. The third-order valence-corrected chi connectivity index (χ3v) is 3.78. The number of nitroso groups, excluding NO2 is 1. The fourth-order valence-electron chi connectivity index (χ4n) is 1.74. The molecule has 7 nitrogen and oxygen atoms in total. The van der Waals surface area contributed by atoms with Gasteiger partial charge < -0.3 is 5.32 Å². The van der Waals surface area contributed by atoms with Crippen molar-refractivity contribution in [1.29, 1.82) is 0 Å². The lowest BCUT2D eigenvalue weighted by Gasteiger charge is -1.94. The first-order valence-corrected chi connectivity index (χ1v) is 6.54. The van der Waals surface area contributed by atoms with E-state index in [1.165, 1.54) is 11.3 Å². The van der Waals surface area contributed by atoms with Crippen molar-refractivity contribution in [2.24, 2.45) is 5.18 Å². The zero-order valence-corrected chi connectivity index (χ0v) is 10.9. The van der Waals surface area contributed by atoms with Crippen molar-refractivity contribution in [2.75, 3.05) is 11.2 Å². The number of alkyl halides is 1. The van der Waals surface area contributed by atoms with Crippen LogP contribution in [0.5, 0.6) is 0 Å². The van der Waals surface area contributed by atoms with Crippen LogP contribution in [0, 0.1) is 4.91 Å². The first-order chi connectivity index (χ1) is 9.22. The van der Waals surface area contributed by atoms with Crippen LogP contribution < -0.4 is 5.32 Å². The Balaban J connectivity index is 2.24. The standard InChI is InChI=1S/C10H6ClN5O2S/c11-2-7(17)13-10-14-8-6(16-18)1-5-4(3-12-15-5)9(8)19-10/h1,3H,2H2,(H,12,15)(H,13,14,17). The number of thiazole rings is 1. The molecule has 3 rings (SSSR count). The number of halogens is 1. The van der Waals surface area contributed by atoms with E-state index in [-0.39, 0.29) is 17.5 Å².